The molecule has 2 bridgehead atoms. The van der Waals surface area contributed by atoms with Crippen molar-refractivity contribution in [2.75, 3.05) is 30.8 Å². The standard InChI is InChI=1S/C26H26F2N8O2/c1-37-23-5-2-15(8-31-23)12-36-17-6-18(36)14-35(13-17)22-4-3-16(9-30-22)20-7-19(38-26(27)28)10-32-24(20)21-11-33-34-25(21)29/h2-5,7-11,17-18,26H,6,12-14H2,1H3,(H3,29,33,34). The smallest absolute Gasteiger partial charge is 0.387 e. The van der Waals surface area contributed by atoms with Crippen LogP contribution < -0.4 is 20.1 Å². The van der Waals surface area contributed by atoms with Gasteiger partial charge in [0.2, 0.25) is 5.88 Å². The van der Waals surface area contributed by atoms with E-state index >= 15 is 0 Å². The van der Waals surface area contributed by atoms with Crippen LogP contribution in [-0.2, 0) is 6.54 Å². The molecule has 0 radical (unpaired) electrons. The predicted octanol–water partition coefficient (Wildman–Crippen LogP) is 3.58. The van der Waals surface area contributed by atoms with Crippen molar-refractivity contribution < 1.29 is 18.3 Å². The summed E-state index contributed by atoms with van der Waals surface area (Å²) in [6.45, 7) is -0.345. The third-order valence-electron chi connectivity index (χ3n) is 7.11. The van der Waals surface area contributed by atoms with E-state index in [-0.39, 0.29) is 5.75 Å². The molecule has 0 aliphatic carbocycles. The van der Waals surface area contributed by atoms with Crippen molar-refractivity contribution in [3.05, 3.63) is 60.7 Å². The van der Waals surface area contributed by atoms with Gasteiger partial charge in [0.25, 0.3) is 0 Å². The van der Waals surface area contributed by atoms with Gasteiger partial charge in [0.1, 0.15) is 17.4 Å². The Hall–Kier alpha value is -4.32. The maximum Gasteiger partial charge on any atom is 0.387 e. The lowest BCUT2D eigenvalue weighted by molar-refractivity contribution is -0.0500. The number of halogens is 2. The number of hydrogen-bond donors (Lipinski definition) is 2. The van der Waals surface area contributed by atoms with Crippen molar-refractivity contribution in [1.82, 2.24) is 30.0 Å². The van der Waals surface area contributed by atoms with Gasteiger partial charge in [-0.1, -0.05) is 6.07 Å². The molecule has 0 spiro atoms. The van der Waals surface area contributed by atoms with Gasteiger partial charge in [-0.25, -0.2) is 9.97 Å². The minimum Gasteiger partial charge on any atom is -0.481 e. The zero-order valence-corrected chi connectivity index (χ0v) is 20.6. The zero-order chi connectivity index (χ0) is 26.2. The number of aromatic amines is 1. The molecule has 3 N–H and O–H groups in total. The third kappa shape index (κ3) is 4.58. The molecule has 0 saturated carbocycles. The number of anilines is 2. The highest BCUT2D eigenvalue weighted by Crippen LogP contribution is 2.38. The van der Waals surface area contributed by atoms with Crippen LogP contribution in [0, 0.1) is 0 Å². The highest BCUT2D eigenvalue weighted by atomic mass is 19.3. The fourth-order valence-corrected chi connectivity index (χ4v) is 5.23. The van der Waals surface area contributed by atoms with Crippen molar-refractivity contribution in [2.45, 2.75) is 31.7 Å². The van der Waals surface area contributed by atoms with E-state index in [4.69, 9.17) is 15.5 Å². The van der Waals surface area contributed by atoms with Crippen LogP contribution in [0.4, 0.5) is 20.4 Å². The molecule has 7 rings (SSSR count). The monoisotopic (exact) mass is 520 g/mol. The molecule has 3 saturated heterocycles. The second-order valence-corrected chi connectivity index (χ2v) is 9.38. The summed E-state index contributed by atoms with van der Waals surface area (Å²) in [5.74, 6) is 1.76. The Morgan fingerprint density at radius 2 is 1.87 bits per heavy atom. The van der Waals surface area contributed by atoms with Gasteiger partial charge < -0.3 is 20.1 Å². The third-order valence-corrected chi connectivity index (χ3v) is 7.11. The number of hydrogen-bond acceptors (Lipinski definition) is 9. The first-order valence-corrected chi connectivity index (χ1v) is 12.2. The number of piperazine rings is 1. The number of aromatic nitrogens is 5. The van der Waals surface area contributed by atoms with Crippen molar-refractivity contribution in [2.24, 2.45) is 0 Å². The number of ether oxygens (including phenoxy) is 2. The minimum absolute atomic E-state index is 0.0480. The lowest BCUT2D eigenvalue weighted by Gasteiger charge is -2.56. The quantitative estimate of drug-likeness (QED) is 0.359. The first kappa shape index (κ1) is 24.0. The van der Waals surface area contributed by atoms with Crippen LogP contribution in [0.2, 0.25) is 0 Å². The minimum atomic E-state index is -2.96. The number of methoxy groups -OCH3 is 1. The maximum atomic E-state index is 12.9. The number of fused-ring (bicyclic) bond motifs is 2. The number of pyridine rings is 3. The summed E-state index contributed by atoms with van der Waals surface area (Å²) in [7, 11) is 1.61. The summed E-state index contributed by atoms with van der Waals surface area (Å²) >= 11 is 0. The first-order chi connectivity index (χ1) is 18.5. The number of nitrogen functional groups attached to an aromatic ring is 1. The fraction of sp³-hybridized carbons (Fsp3) is 0.308. The molecule has 12 heteroatoms. The molecule has 10 nitrogen and oxygen atoms in total. The van der Waals surface area contributed by atoms with Gasteiger partial charge in [0.15, 0.2) is 0 Å². The molecule has 4 aromatic heterocycles. The molecule has 2 unspecified atom stereocenters. The van der Waals surface area contributed by atoms with Crippen LogP contribution in [0.15, 0.2) is 55.1 Å². The lowest BCUT2D eigenvalue weighted by Crippen LogP contribution is -2.68. The topological polar surface area (TPSA) is 118 Å². The van der Waals surface area contributed by atoms with Gasteiger partial charge >= 0.3 is 6.61 Å². The van der Waals surface area contributed by atoms with E-state index in [9.17, 15) is 8.78 Å². The lowest BCUT2D eigenvalue weighted by atomic mass is 9.87. The van der Waals surface area contributed by atoms with Crippen molar-refractivity contribution in [3.63, 3.8) is 0 Å². The van der Waals surface area contributed by atoms with E-state index in [0.29, 0.717) is 46.2 Å². The molecule has 4 aromatic rings. The molecule has 3 aliphatic heterocycles. The van der Waals surface area contributed by atoms with E-state index < -0.39 is 6.61 Å². The van der Waals surface area contributed by atoms with E-state index in [1.807, 2.05) is 24.4 Å². The molecule has 7 heterocycles. The number of nitrogens with two attached hydrogens (primary N) is 1. The van der Waals surface area contributed by atoms with Gasteiger partial charge in [-0.2, -0.15) is 13.9 Å². The Kier molecular flexibility index (Phi) is 6.24. The Balaban J connectivity index is 1.19. The molecule has 38 heavy (non-hydrogen) atoms. The molecule has 3 aliphatic rings. The normalized spacial score (nSPS) is 18.9. The molecule has 0 amide bonds. The molecule has 2 atom stereocenters. The van der Waals surface area contributed by atoms with Crippen LogP contribution in [0.1, 0.15) is 12.0 Å². The second kappa shape index (κ2) is 9.86. The summed E-state index contributed by atoms with van der Waals surface area (Å²) in [6.07, 6.45) is 7.54. The second-order valence-electron chi connectivity index (χ2n) is 9.38. The van der Waals surface area contributed by atoms with Crippen LogP contribution in [0.5, 0.6) is 11.6 Å². The number of alkyl halides is 2. The molecule has 0 aromatic carbocycles. The van der Waals surface area contributed by atoms with Gasteiger partial charge in [0, 0.05) is 61.3 Å². The Bertz CT molecular complexity index is 1400. The van der Waals surface area contributed by atoms with Crippen molar-refractivity contribution in [3.8, 4) is 34.0 Å². The van der Waals surface area contributed by atoms with Gasteiger partial charge in [-0.3, -0.25) is 15.0 Å². The number of nitrogens with one attached hydrogen (secondary N) is 1. The molecule has 196 valence electrons. The summed E-state index contributed by atoms with van der Waals surface area (Å²) in [5, 5.41) is 6.63. The fourth-order valence-electron chi connectivity index (χ4n) is 5.23. The van der Waals surface area contributed by atoms with Crippen LogP contribution in [0.25, 0.3) is 22.4 Å². The Morgan fingerprint density at radius 3 is 2.50 bits per heavy atom. The molecule has 3 fully saturated rings. The van der Waals surface area contributed by atoms with Gasteiger partial charge in [0.05, 0.1) is 30.8 Å². The highest BCUT2D eigenvalue weighted by molar-refractivity contribution is 5.85. The maximum absolute atomic E-state index is 12.9. The number of H-pyrrole nitrogens is 1. The SMILES string of the molecule is COc1ccc(CN2C3CC2CN(c2ccc(-c4cc(OC(F)F)cnc4-c4cn[nH]c4N)cn2)C3)cn1. The number of piperidine rings is 1. The summed E-state index contributed by atoms with van der Waals surface area (Å²) in [6, 6.07) is 10.2. The average molecular weight is 521 g/mol. The van der Waals surface area contributed by atoms with E-state index in [1.165, 1.54) is 12.3 Å². The average Bonchev–Trinajstić information content (AvgIpc) is 3.37. The summed E-state index contributed by atoms with van der Waals surface area (Å²) in [4.78, 5) is 18.2. The Morgan fingerprint density at radius 1 is 1.03 bits per heavy atom. The van der Waals surface area contributed by atoms with E-state index in [0.717, 1.165) is 37.4 Å². The van der Waals surface area contributed by atoms with E-state index in [2.05, 4.69) is 40.8 Å². The van der Waals surface area contributed by atoms with E-state index in [1.54, 1.807) is 19.5 Å². The first-order valence-electron chi connectivity index (χ1n) is 12.2. The largest absolute Gasteiger partial charge is 0.481 e. The number of rotatable bonds is 8. The summed E-state index contributed by atoms with van der Waals surface area (Å²) < 4.78 is 35.4. The van der Waals surface area contributed by atoms with Crippen LogP contribution in [-0.4, -0.2) is 68.9 Å². The molecular weight excluding hydrogens is 494 g/mol. The Labute approximate surface area is 217 Å². The zero-order valence-electron chi connectivity index (χ0n) is 20.6. The van der Waals surface area contributed by atoms with Crippen molar-refractivity contribution in [1.29, 1.82) is 0 Å². The van der Waals surface area contributed by atoms with Gasteiger partial charge in [-0.15, -0.1) is 0 Å². The van der Waals surface area contributed by atoms with Crippen LogP contribution in [0.3, 0.4) is 0 Å². The molecular formula is C26H26F2N8O2. The van der Waals surface area contributed by atoms with Crippen LogP contribution >= 0.6 is 0 Å². The predicted molar refractivity (Wildman–Crippen MR) is 137 cm³/mol. The summed E-state index contributed by atoms with van der Waals surface area (Å²) in [5.41, 5.74) is 9.50. The van der Waals surface area contributed by atoms with Gasteiger partial charge in [-0.05, 0) is 30.2 Å². The number of nitrogens with zero attached hydrogens (tertiary/aromatic N) is 6. The van der Waals surface area contributed by atoms with Crippen molar-refractivity contribution >= 4 is 11.6 Å². The highest BCUT2D eigenvalue weighted by Gasteiger charge is 2.44.